The Morgan fingerprint density at radius 3 is 1.80 bits per heavy atom. The van der Waals surface area contributed by atoms with Crippen molar-refractivity contribution in [1.29, 1.82) is 0 Å². The number of para-hydroxylation sites is 1. The number of hydrogen-bond acceptors (Lipinski definition) is 7. The van der Waals surface area contributed by atoms with Gasteiger partial charge in [-0.05, 0) is 47.6 Å². The predicted octanol–water partition coefficient (Wildman–Crippen LogP) is 5.39. The highest BCUT2D eigenvalue weighted by atomic mass is 32.1. The molecule has 10 heteroatoms. The second-order valence-electron chi connectivity index (χ2n) is 10.4. The molecule has 5 rings (SSSR count). The quantitative estimate of drug-likeness (QED) is 0.240. The van der Waals surface area contributed by atoms with Crippen LogP contribution in [-0.4, -0.2) is 74.2 Å². The zero-order valence-electron chi connectivity index (χ0n) is 25.5. The summed E-state index contributed by atoms with van der Waals surface area (Å²) in [5.41, 5.74) is 3.69. The lowest BCUT2D eigenvalue weighted by molar-refractivity contribution is 0.0598. The molecule has 0 bridgehead atoms. The van der Waals surface area contributed by atoms with Crippen molar-refractivity contribution in [3.63, 3.8) is 0 Å². The average molecular weight is 625 g/mol. The second-order valence-corrected chi connectivity index (χ2v) is 10.8. The monoisotopic (exact) mass is 624 g/mol. The number of nitrogens with zero attached hydrogens (tertiary/aromatic N) is 2. The van der Waals surface area contributed by atoms with E-state index in [1.54, 1.807) is 12.1 Å². The third-order valence-electron chi connectivity index (χ3n) is 7.76. The maximum absolute atomic E-state index is 13.8. The number of methoxy groups -OCH3 is 3. The zero-order valence-corrected chi connectivity index (χ0v) is 26.3. The fourth-order valence-corrected chi connectivity index (χ4v) is 5.76. The first-order valence-corrected chi connectivity index (χ1v) is 15.0. The number of carbonyl (C=O) groups is 2. The maximum atomic E-state index is 13.8. The van der Waals surface area contributed by atoms with Crippen molar-refractivity contribution in [3.05, 3.63) is 119 Å². The van der Waals surface area contributed by atoms with Crippen molar-refractivity contribution < 1.29 is 23.8 Å². The van der Waals surface area contributed by atoms with E-state index < -0.39 is 5.91 Å². The Bertz CT molecular complexity index is 1580. The average Bonchev–Trinajstić information content (AvgIpc) is 3.08. The molecule has 1 aliphatic heterocycles. The lowest BCUT2D eigenvalue weighted by atomic mass is 9.96. The highest BCUT2D eigenvalue weighted by molar-refractivity contribution is 7.80. The molecule has 0 radical (unpaired) electrons. The van der Waals surface area contributed by atoms with Crippen LogP contribution in [0.25, 0.3) is 0 Å². The standard InChI is InChI=1S/C35H36N4O5S/c1-42-29-22-26(23-30(43-2)32(29)44-3)33(40)37-35(45)36-28-17-11-10-16-27(28)34(41)39-20-18-38(19-21-39)31(24-12-6-4-7-13-24)25-14-8-5-9-15-25/h4-17,22-23,31H,18-21H2,1-3H3,(H2,36,37,40,45). The molecular weight excluding hydrogens is 588 g/mol. The third kappa shape index (κ3) is 7.25. The van der Waals surface area contributed by atoms with Gasteiger partial charge in [0.05, 0.1) is 38.6 Å². The van der Waals surface area contributed by atoms with Crippen molar-refractivity contribution in [3.8, 4) is 17.2 Å². The van der Waals surface area contributed by atoms with Gasteiger partial charge in [0, 0.05) is 31.7 Å². The molecule has 45 heavy (non-hydrogen) atoms. The van der Waals surface area contributed by atoms with Crippen LogP contribution in [0.5, 0.6) is 17.2 Å². The molecule has 0 aromatic heterocycles. The number of piperazine rings is 1. The molecule has 0 spiro atoms. The van der Waals surface area contributed by atoms with Crippen LogP contribution in [-0.2, 0) is 0 Å². The summed E-state index contributed by atoms with van der Waals surface area (Å²) >= 11 is 5.46. The SMILES string of the molecule is COc1cc(C(=O)NC(=S)Nc2ccccc2C(=O)N2CCN(C(c3ccccc3)c3ccccc3)CC2)cc(OC)c1OC. The largest absolute Gasteiger partial charge is 0.493 e. The van der Waals surface area contributed by atoms with Gasteiger partial charge in [0.25, 0.3) is 11.8 Å². The Hall–Kier alpha value is -4.93. The van der Waals surface area contributed by atoms with Crippen LogP contribution in [0.1, 0.15) is 37.9 Å². The Kier molecular flexibility index (Phi) is 10.3. The minimum Gasteiger partial charge on any atom is -0.493 e. The number of amides is 2. The fraction of sp³-hybridized carbons (Fsp3) is 0.229. The summed E-state index contributed by atoms with van der Waals surface area (Å²) in [6.45, 7) is 2.59. The Labute approximate surface area is 268 Å². The molecule has 0 saturated carbocycles. The summed E-state index contributed by atoms with van der Waals surface area (Å²) in [5.74, 6) is 0.485. The predicted molar refractivity (Wildman–Crippen MR) is 178 cm³/mol. The van der Waals surface area contributed by atoms with E-state index in [0.29, 0.717) is 41.6 Å². The van der Waals surface area contributed by atoms with Crippen LogP contribution in [0.3, 0.4) is 0 Å². The van der Waals surface area contributed by atoms with Crippen molar-refractivity contribution in [2.75, 3.05) is 52.8 Å². The van der Waals surface area contributed by atoms with E-state index in [4.69, 9.17) is 26.4 Å². The highest BCUT2D eigenvalue weighted by Crippen LogP contribution is 2.38. The summed E-state index contributed by atoms with van der Waals surface area (Å²) in [7, 11) is 4.44. The summed E-state index contributed by atoms with van der Waals surface area (Å²) in [5, 5.41) is 5.76. The lowest BCUT2D eigenvalue weighted by Gasteiger charge is -2.40. The van der Waals surface area contributed by atoms with Gasteiger partial charge in [0.2, 0.25) is 5.75 Å². The van der Waals surface area contributed by atoms with Crippen LogP contribution in [0, 0.1) is 0 Å². The first-order chi connectivity index (χ1) is 21.9. The maximum Gasteiger partial charge on any atom is 0.257 e. The van der Waals surface area contributed by atoms with Gasteiger partial charge >= 0.3 is 0 Å². The minimum atomic E-state index is -0.474. The number of rotatable bonds is 9. The molecule has 0 unspecified atom stereocenters. The fourth-order valence-electron chi connectivity index (χ4n) is 5.56. The van der Waals surface area contributed by atoms with Gasteiger partial charge in [-0.2, -0.15) is 0 Å². The normalized spacial score (nSPS) is 13.2. The smallest absolute Gasteiger partial charge is 0.257 e. The number of carbonyl (C=O) groups excluding carboxylic acids is 2. The number of thiocarbonyl (C=S) groups is 1. The molecule has 4 aromatic rings. The number of nitrogens with one attached hydrogen (secondary N) is 2. The van der Waals surface area contributed by atoms with Gasteiger partial charge < -0.3 is 24.4 Å². The number of hydrogen-bond donors (Lipinski definition) is 2. The van der Waals surface area contributed by atoms with Crippen molar-refractivity contribution in [1.82, 2.24) is 15.1 Å². The molecule has 4 aromatic carbocycles. The van der Waals surface area contributed by atoms with Gasteiger partial charge in [-0.15, -0.1) is 0 Å². The summed E-state index contributed by atoms with van der Waals surface area (Å²) in [4.78, 5) is 31.1. The Morgan fingerprint density at radius 1 is 0.733 bits per heavy atom. The molecule has 0 atom stereocenters. The summed E-state index contributed by atoms with van der Waals surface area (Å²) in [6, 6.07) is 31.2. The summed E-state index contributed by atoms with van der Waals surface area (Å²) < 4.78 is 16.0. The Morgan fingerprint density at radius 2 is 1.27 bits per heavy atom. The highest BCUT2D eigenvalue weighted by Gasteiger charge is 2.29. The van der Waals surface area contributed by atoms with Crippen molar-refractivity contribution in [2.24, 2.45) is 0 Å². The lowest BCUT2D eigenvalue weighted by Crippen LogP contribution is -2.50. The van der Waals surface area contributed by atoms with E-state index in [1.165, 1.54) is 44.6 Å². The number of anilines is 1. The first kappa shape index (κ1) is 31.5. The Balaban J connectivity index is 1.26. The molecule has 2 N–H and O–H groups in total. The molecule has 1 heterocycles. The molecule has 1 aliphatic rings. The molecule has 9 nitrogen and oxygen atoms in total. The van der Waals surface area contributed by atoms with E-state index in [9.17, 15) is 9.59 Å². The van der Waals surface area contributed by atoms with Crippen LogP contribution in [0.4, 0.5) is 5.69 Å². The van der Waals surface area contributed by atoms with Crippen LogP contribution in [0.15, 0.2) is 97.1 Å². The molecular formula is C35H36N4O5S. The van der Waals surface area contributed by atoms with Crippen LogP contribution >= 0.6 is 12.2 Å². The summed E-state index contributed by atoms with van der Waals surface area (Å²) in [6.07, 6.45) is 0. The molecule has 1 saturated heterocycles. The van der Waals surface area contributed by atoms with E-state index >= 15 is 0 Å². The molecule has 2 amide bonds. The molecule has 1 fully saturated rings. The third-order valence-corrected chi connectivity index (χ3v) is 7.96. The van der Waals surface area contributed by atoms with Crippen LogP contribution in [0.2, 0.25) is 0 Å². The van der Waals surface area contributed by atoms with Gasteiger partial charge in [0.15, 0.2) is 16.6 Å². The van der Waals surface area contributed by atoms with Crippen molar-refractivity contribution in [2.45, 2.75) is 6.04 Å². The number of benzene rings is 4. The van der Waals surface area contributed by atoms with E-state index in [-0.39, 0.29) is 22.6 Å². The van der Waals surface area contributed by atoms with E-state index in [0.717, 1.165) is 13.1 Å². The molecule has 232 valence electrons. The molecule has 0 aliphatic carbocycles. The second kappa shape index (κ2) is 14.7. The van der Waals surface area contributed by atoms with Gasteiger partial charge in [-0.1, -0.05) is 72.8 Å². The van der Waals surface area contributed by atoms with Crippen molar-refractivity contribution >= 4 is 34.8 Å². The zero-order chi connectivity index (χ0) is 31.8. The van der Waals surface area contributed by atoms with E-state index in [2.05, 4.69) is 64.1 Å². The van der Waals surface area contributed by atoms with Crippen LogP contribution < -0.4 is 24.8 Å². The van der Waals surface area contributed by atoms with Gasteiger partial charge in [-0.3, -0.25) is 19.8 Å². The topological polar surface area (TPSA) is 92.4 Å². The number of ether oxygens (including phenoxy) is 3. The van der Waals surface area contributed by atoms with Gasteiger partial charge in [0.1, 0.15) is 0 Å². The minimum absolute atomic E-state index is 0.0485. The van der Waals surface area contributed by atoms with E-state index in [1.807, 2.05) is 29.2 Å². The first-order valence-electron chi connectivity index (χ1n) is 14.6. The van der Waals surface area contributed by atoms with Gasteiger partial charge in [-0.25, -0.2) is 0 Å².